The average Bonchev–Trinajstić information content (AvgIpc) is 3.26. The molecule has 6 nitrogen and oxygen atoms in total. The third-order valence-electron chi connectivity index (χ3n) is 11.0. The van der Waals surface area contributed by atoms with Gasteiger partial charge in [0, 0.05) is 43.0 Å². The van der Waals surface area contributed by atoms with Crippen LogP contribution in [0.15, 0.2) is 125 Å². The van der Waals surface area contributed by atoms with E-state index in [-0.39, 0.29) is 6.04 Å². The van der Waals surface area contributed by atoms with Crippen LogP contribution in [0.1, 0.15) is 71.3 Å². The Kier molecular flexibility index (Phi) is 8.28. The summed E-state index contributed by atoms with van der Waals surface area (Å²) in [6.45, 7) is 23.1. The molecule has 0 amide bonds. The molecule has 3 saturated carbocycles. The molecule has 0 saturated heterocycles. The Morgan fingerprint density at radius 3 is 2.61 bits per heavy atom. The van der Waals surface area contributed by atoms with Gasteiger partial charge in [-0.15, -0.1) is 6.58 Å². The van der Waals surface area contributed by atoms with Gasteiger partial charge in [0.15, 0.2) is 5.82 Å². The number of aliphatic imine (C=N–C) groups is 1. The molecule has 0 radical (unpaired) electrons. The third kappa shape index (κ3) is 5.87. The van der Waals surface area contributed by atoms with E-state index in [0.29, 0.717) is 23.4 Å². The summed E-state index contributed by atoms with van der Waals surface area (Å²) in [6.07, 6.45) is 26.5. The van der Waals surface area contributed by atoms with Crippen molar-refractivity contribution >= 4 is 11.5 Å². The normalized spacial score (nSPS) is 28.0. The van der Waals surface area contributed by atoms with Crippen molar-refractivity contribution < 1.29 is 0 Å². The zero-order chi connectivity index (χ0) is 30.9. The van der Waals surface area contributed by atoms with Crippen molar-refractivity contribution in [3.63, 3.8) is 0 Å². The Morgan fingerprint density at radius 2 is 1.91 bits per heavy atom. The second-order valence-electron chi connectivity index (χ2n) is 13.5. The zero-order valence-corrected chi connectivity index (χ0v) is 26.6. The Bertz CT molecular complexity index is 1530. The second kappa shape index (κ2) is 12.1. The van der Waals surface area contributed by atoms with Crippen LogP contribution >= 0.6 is 0 Å². The summed E-state index contributed by atoms with van der Waals surface area (Å²) in [7, 11) is 0. The molecule has 2 atom stereocenters. The fraction of sp³-hybridized carbons (Fsp3) is 0.421. The third-order valence-corrected chi connectivity index (χ3v) is 11.0. The first-order valence-corrected chi connectivity index (χ1v) is 16.2. The van der Waals surface area contributed by atoms with Crippen LogP contribution in [0.25, 0.3) is 0 Å². The molecule has 2 heterocycles. The van der Waals surface area contributed by atoms with Gasteiger partial charge in [0.25, 0.3) is 0 Å². The molecule has 230 valence electrons. The van der Waals surface area contributed by atoms with E-state index in [4.69, 9.17) is 4.99 Å². The van der Waals surface area contributed by atoms with Crippen molar-refractivity contribution in [2.75, 3.05) is 13.1 Å². The van der Waals surface area contributed by atoms with Gasteiger partial charge in [-0.2, -0.15) is 5.10 Å². The van der Waals surface area contributed by atoms with Gasteiger partial charge in [-0.3, -0.25) is 0 Å². The van der Waals surface area contributed by atoms with E-state index in [0.717, 1.165) is 42.3 Å². The summed E-state index contributed by atoms with van der Waals surface area (Å²) in [5.41, 5.74) is 9.71. The van der Waals surface area contributed by atoms with Crippen molar-refractivity contribution in [3.8, 4) is 0 Å². The predicted octanol–water partition coefficient (Wildman–Crippen LogP) is 7.82. The number of hydrogen-bond donors (Lipinski definition) is 3. The van der Waals surface area contributed by atoms with Crippen molar-refractivity contribution in [1.82, 2.24) is 25.7 Å². The first-order chi connectivity index (χ1) is 21.2. The lowest BCUT2D eigenvalue weighted by Gasteiger charge is -2.55. The summed E-state index contributed by atoms with van der Waals surface area (Å²) in [5.74, 6) is 0.799. The summed E-state index contributed by atoms with van der Waals surface area (Å²) >= 11 is 0. The molecule has 7 rings (SSSR count). The van der Waals surface area contributed by atoms with E-state index < -0.39 is 0 Å². The summed E-state index contributed by atoms with van der Waals surface area (Å²) in [4.78, 5) is 4.94. The molecule has 0 aromatic carbocycles. The van der Waals surface area contributed by atoms with E-state index in [1.807, 2.05) is 16.9 Å². The SMILES string of the molecule is C=CC12CCC(C(C)NC(=C)C3C=CC(C(=C)NCC4=CCC(CNC5=C(C)C(=C)C5)=CC=C4)=Nc4ccnn43)(CC1)CC2. The summed E-state index contributed by atoms with van der Waals surface area (Å²) in [5, 5.41) is 15.5. The molecule has 5 aliphatic carbocycles. The number of nitrogens with zero attached hydrogens (tertiary/aromatic N) is 3. The summed E-state index contributed by atoms with van der Waals surface area (Å²) < 4.78 is 1.95. The van der Waals surface area contributed by atoms with Gasteiger partial charge < -0.3 is 16.0 Å². The van der Waals surface area contributed by atoms with Gasteiger partial charge in [-0.1, -0.05) is 56.2 Å². The molecule has 1 aliphatic heterocycles. The molecule has 2 unspecified atom stereocenters. The van der Waals surface area contributed by atoms with E-state index in [9.17, 15) is 0 Å². The lowest BCUT2D eigenvalue weighted by molar-refractivity contribution is -0.00132. The average molecular weight is 589 g/mol. The highest BCUT2D eigenvalue weighted by Crippen LogP contribution is 2.58. The fourth-order valence-electron chi connectivity index (χ4n) is 7.45. The standard InChI is InChI=1S/C38H48N6/c1-7-37-16-19-38(20-17-37,21-18-37)30(6)42-29(5)35-14-13-33(43-36-15-22-41-44(35)36)28(4)39-24-31-9-8-10-32(12-11-31)25-40-34-23-26(2)27(34)3/h7-11,13-15,22,30,35,39-40,42H,1-2,4-5,12,16-21,23-25H2,3,6H3. The topological polar surface area (TPSA) is 66.3 Å². The van der Waals surface area contributed by atoms with Crippen LogP contribution < -0.4 is 16.0 Å². The van der Waals surface area contributed by atoms with Crippen LogP contribution in [0.4, 0.5) is 5.82 Å². The maximum atomic E-state index is 4.94. The van der Waals surface area contributed by atoms with Crippen LogP contribution in [-0.2, 0) is 0 Å². The van der Waals surface area contributed by atoms with Crippen LogP contribution in [0, 0.1) is 10.8 Å². The smallest absolute Gasteiger partial charge is 0.152 e. The van der Waals surface area contributed by atoms with E-state index in [2.05, 4.69) is 104 Å². The monoisotopic (exact) mass is 588 g/mol. The molecule has 44 heavy (non-hydrogen) atoms. The highest BCUT2D eigenvalue weighted by molar-refractivity contribution is 6.09. The van der Waals surface area contributed by atoms with Crippen LogP contribution in [0.2, 0.25) is 0 Å². The molecular formula is C38H48N6. The van der Waals surface area contributed by atoms with Gasteiger partial charge in [-0.25, -0.2) is 9.67 Å². The highest BCUT2D eigenvalue weighted by atomic mass is 15.3. The quantitative estimate of drug-likeness (QED) is 0.218. The number of nitrogens with one attached hydrogen (secondary N) is 3. The minimum absolute atomic E-state index is 0.129. The first kappa shape index (κ1) is 30.0. The van der Waals surface area contributed by atoms with Crippen molar-refractivity contribution in [3.05, 3.63) is 120 Å². The van der Waals surface area contributed by atoms with Crippen molar-refractivity contribution in [2.45, 2.75) is 77.3 Å². The van der Waals surface area contributed by atoms with Crippen LogP contribution in [0.5, 0.6) is 0 Å². The maximum absolute atomic E-state index is 4.94. The molecule has 1 aromatic rings. The van der Waals surface area contributed by atoms with Crippen LogP contribution in [0.3, 0.4) is 0 Å². The Morgan fingerprint density at radius 1 is 1.14 bits per heavy atom. The molecule has 6 heteroatoms. The first-order valence-electron chi connectivity index (χ1n) is 16.2. The number of hydrogen-bond acceptors (Lipinski definition) is 5. The van der Waals surface area contributed by atoms with Crippen molar-refractivity contribution in [1.29, 1.82) is 0 Å². The molecular weight excluding hydrogens is 540 g/mol. The number of allylic oxidation sites excluding steroid dienone is 8. The number of aromatic nitrogens is 2. The molecule has 3 fully saturated rings. The molecule has 1 aromatic heterocycles. The highest BCUT2D eigenvalue weighted by Gasteiger charge is 2.49. The van der Waals surface area contributed by atoms with Gasteiger partial charge in [0.1, 0.15) is 6.04 Å². The zero-order valence-electron chi connectivity index (χ0n) is 26.6. The van der Waals surface area contributed by atoms with Crippen molar-refractivity contribution in [2.24, 2.45) is 15.8 Å². The lowest BCUT2D eigenvalue weighted by atomic mass is 9.52. The van der Waals surface area contributed by atoms with E-state index in [1.54, 1.807) is 0 Å². The predicted molar refractivity (Wildman–Crippen MR) is 184 cm³/mol. The number of rotatable bonds is 12. The van der Waals surface area contributed by atoms with Gasteiger partial charge in [0.05, 0.1) is 17.6 Å². The maximum Gasteiger partial charge on any atom is 0.152 e. The minimum atomic E-state index is -0.129. The second-order valence-corrected chi connectivity index (χ2v) is 13.5. The Balaban J connectivity index is 1.05. The van der Waals surface area contributed by atoms with Gasteiger partial charge in [-0.05, 0) is 98.0 Å². The summed E-state index contributed by atoms with van der Waals surface area (Å²) in [6, 6.07) is 2.17. The van der Waals surface area contributed by atoms with E-state index >= 15 is 0 Å². The largest absolute Gasteiger partial charge is 0.384 e. The molecule has 3 N–H and O–H groups in total. The fourth-order valence-corrected chi connectivity index (χ4v) is 7.45. The molecule has 0 spiro atoms. The van der Waals surface area contributed by atoms with Gasteiger partial charge >= 0.3 is 0 Å². The number of fused-ring (bicyclic) bond motifs is 4. The van der Waals surface area contributed by atoms with Crippen LogP contribution in [-0.4, -0.2) is 34.6 Å². The molecule has 6 aliphatic rings. The van der Waals surface area contributed by atoms with E-state index in [1.165, 1.54) is 66.5 Å². The Labute approximate surface area is 263 Å². The molecule has 2 bridgehead atoms. The lowest BCUT2D eigenvalue weighted by Crippen LogP contribution is -2.51. The van der Waals surface area contributed by atoms with Gasteiger partial charge in [0.2, 0.25) is 0 Å². The minimum Gasteiger partial charge on any atom is -0.384 e. The Hall–Kier alpha value is -4.06.